The van der Waals surface area contributed by atoms with Crippen molar-refractivity contribution in [2.45, 2.75) is 33.2 Å². The number of benzene rings is 2. The molecule has 2 rings (SSSR count). The Hall–Kier alpha value is -1.67. The minimum absolute atomic E-state index is 0.0950. The topological polar surface area (TPSA) is 12.0 Å². The summed E-state index contributed by atoms with van der Waals surface area (Å²) in [4.78, 5) is 0. The second-order valence-electron chi connectivity index (χ2n) is 6.29. The van der Waals surface area contributed by atoms with E-state index in [4.69, 9.17) is 0 Å². The molecule has 21 heavy (non-hydrogen) atoms. The van der Waals surface area contributed by atoms with Crippen molar-refractivity contribution in [2.24, 2.45) is 5.41 Å². The molecule has 0 aliphatic carbocycles. The van der Waals surface area contributed by atoms with E-state index in [1.165, 1.54) is 17.7 Å². The van der Waals surface area contributed by atoms with Crippen molar-refractivity contribution in [3.8, 4) is 0 Å². The summed E-state index contributed by atoms with van der Waals surface area (Å²) in [6.07, 6.45) is 1.12. The van der Waals surface area contributed by atoms with Gasteiger partial charge in [0.2, 0.25) is 0 Å². The molecule has 0 bridgehead atoms. The van der Waals surface area contributed by atoms with E-state index >= 15 is 0 Å². The van der Waals surface area contributed by atoms with Crippen LogP contribution < -0.4 is 5.32 Å². The third kappa shape index (κ3) is 4.40. The molecule has 1 unspecified atom stereocenters. The summed E-state index contributed by atoms with van der Waals surface area (Å²) in [6, 6.07) is 17.2. The van der Waals surface area contributed by atoms with E-state index in [-0.39, 0.29) is 17.3 Å². The first kappa shape index (κ1) is 15.7. The van der Waals surface area contributed by atoms with Gasteiger partial charge < -0.3 is 5.32 Å². The maximum atomic E-state index is 13.2. The molecule has 0 saturated heterocycles. The Morgan fingerprint density at radius 1 is 0.952 bits per heavy atom. The van der Waals surface area contributed by atoms with Gasteiger partial charge in [-0.05, 0) is 35.1 Å². The lowest BCUT2D eigenvalue weighted by molar-refractivity contribution is 0.318. The van der Waals surface area contributed by atoms with Crippen molar-refractivity contribution < 1.29 is 4.39 Å². The second kappa shape index (κ2) is 6.86. The number of halogens is 1. The predicted molar refractivity (Wildman–Crippen MR) is 86.8 cm³/mol. The zero-order chi connectivity index (χ0) is 15.3. The summed E-state index contributed by atoms with van der Waals surface area (Å²) >= 11 is 0. The fourth-order valence-electron chi connectivity index (χ4n) is 2.23. The number of nitrogens with one attached hydrogen (secondary N) is 1. The fourth-order valence-corrected chi connectivity index (χ4v) is 2.23. The Morgan fingerprint density at radius 3 is 2.10 bits per heavy atom. The van der Waals surface area contributed by atoms with Crippen LogP contribution in [-0.4, -0.2) is 6.54 Å². The molecule has 0 aliphatic heterocycles. The van der Waals surface area contributed by atoms with Gasteiger partial charge in [0.15, 0.2) is 0 Å². The maximum absolute atomic E-state index is 13.2. The molecule has 1 nitrogen and oxygen atoms in total. The Balaban J connectivity index is 2.25. The van der Waals surface area contributed by atoms with E-state index in [1.54, 1.807) is 0 Å². The zero-order valence-corrected chi connectivity index (χ0v) is 13.1. The molecule has 2 aromatic carbocycles. The molecule has 2 aromatic rings. The summed E-state index contributed by atoms with van der Waals surface area (Å²) in [5.41, 5.74) is 2.54. The highest BCUT2D eigenvalue weighted by molar-refractivity contribution is 5.31. The molecule has 0 heterocycles. The lowest BCUT2D eigenvalue weighted by Gasteiger charge is -2.28. The van der Waals surface area contributed by atoms with Crippen molar-refractivity contribution in [3.63, 3.8) is 0 Å². The van der Waals surface area contributed by atoms with E-state index in [0.29, 0.717) is 0 Å². The average Bonchev–Trinajstić information content (AvgIpc) is 2.50. The summed E-state index contributed by atoms with van der Waals surface area (Å²) in [5, 5.41) is 3.64. The molecule has 0 amide bonds. The summed E-state index contributed by atoms with van der Waals surface area (Å²) in [6.45, 7) is 7.64. The van der Waals surface area contributed by atoms with Gasteiger partial charge in [-0.2, -0.15) is 0 Å². The van der Waals surface area contributed by atoms with Crippen molar-refractivity contribution in [1.82, 2.24) is 5.32 Å². The van der Waals surface area contributed by atoms with E-state index in [9.17, 15) is 4.39 Å². The molecule has 1 N–H and O–H groups in total. The van der Waals surface area contributed by atoms with E-state index < -0.39 is 0 Å². The largest absolute Gasteiger partial charge is 0.306 e. The molecule has 0 spiro atoms. The lowest BCUT2D eigenvalue weighted by atomic mass is 9.89. The van der Waals surface area contributed by atoms with Crippen LogP contribution in [0.5, 0.6) is 0 Å². The lowest BCUT2D eigenvalue weighted by Crippen LogP contribution is -2.32. The molecule has 0 radical (unpaired) electrons. The number of hydrogen-bond donors (Lipinski definition) is 1. The number of rotatable bonds is 6. The molecule has 0 fully saturated rings. The van der Waals surface area contributed by atoms with Gasteiger partial charge in [-0.15, -0.1) is 0 Å². The van der Waals surface area contributed by atoms with Crippen molar-refractivity contribution in [1.29, 1.82) is 0 Å². The zero-order valence-electron chi connectivity index (χ0n) is 13.1. The van der Waals surface area contributed by atoms with Gasteiger partial charge in [0.1, 0.15) is 5.82 Å². The van der Waals surface area contributed by atoms with Crippen LogP contribution in [0.3, 0.4) is 0 Å². The molecule has 112 valence electrons. The fraction of sp³-hybridized carbons (Fsp3) is 0.368. The van der Waals surface area contributed by atoms with Crippen LogP contribution >= 0.6 is 0 Å². The van der Waals surface area contributed by atoms with Gasteiger partial charge >= 0.3 is 0 Å². The molecular formula is C19H24FN. The quantitative estimate of drug-likeness (QED) is 0.792. The first-order chi connectivity index (χ1) is 10.0. The van der Waals surface area contributed by atoms with Crippen LogP contribution in [-0.2, 0) is 0 Å². The highest BCUT2D eigenvalue weighted by atomic mass is 19.1. The molecule has 0 saturated carbocycles. The first-order valence-corrected chi connectivity index (χ1v) is 7.55. The number of hydrogen-bond acceptors (Lipinski definition) is 1. The molecule has 2 heteroatoms. The molecule has 0 aliphatic rings. The van der Waals surface area contributed by atoms with Crippen LogP contribution in [0.4, 0.5) is 4.39 Å². The van der Waals surface area contributed by atoms with Gasteiger partial charge in [0, 0.05) is 6.54 Å². The molecule has 0 aromatic heterocycles. The normalized spacial score (nSPS) is 13.1. The Labute approximate surface area is 127 Å². The van der Waals surface area contributed by atoms with Gasteiger partial charge in [0.05, 0.1) is 6.04 Å². The van der Waals surface area contributed by atoms with Crippen LogP contribution in [0.2, 0.25) is 0 Å². The third-order valence-corrected chi connectivity index (χ3v) is 4.08. The minimum atomic E-state index is -0.195. The van der Waals surface area contributed by atoms with Gasteiger partial charge in [-0.25, -0.2) is 4.39 Å². The standard InChI is InChI=1S/C19H24FN/c1-4-19(2,3)14-21-18(15-8-6-5-7-9-15)16-10-12-17(20)13-11-16/h5-13,18,21H,4,14H2,1-3H3. The van der Waals surface area contributed by atoms with Gasteiger partial charge in [-0.3, -0.25) is 0 Å². The minimum Gasteiger partial charge on any atom is -0.306 e. The van der Waals surface area contributed by atoms with Crippen LogP contribution in [0.15, 0.2) is 54.6 Å². The highest BCUT2D eigenvalue weighted by Crippen LogP contribution is 2.25. The second-order valence-corrected chi connectivity index (χ2v) is 6.29. The molecular weight excluding hydrogens is 261 g/mol. The van der Waals surface area contributed by atoms with Crippen molar-refractivity contribution in [2.75, 3.05) is 6.54 Å². The van der Waals surface area contributed by atoms with Gasteiger partial charge in [-0.1, -0.05) is 63.2 Å². The molecule has 1 atom stereocenters. The van der Waals surface area contributed by atoms with E-state index in [0.717, 1.165) is 18.5 Å². The predicted octanol–water partition coefficient (Wildman–Crippen LogP) is 4.94. The third-order valence-electron chi connectivity index (χ3n) is 4.08. The maximum Gasteiger partial charge on any atom is 0.123 e. The highest BCUT2D eigenvalue weighted by Gasteiger charge is 2.19. The van der Waals surface area contributed by atoms with Crippen LogP contribution in [0.1, 0.15) is 44.4 Å². The first-order valence-electron chi connectivity index (χ1n) is 7.55. The SMILES string of the molecule is CCC(C)(C)CNC(c1ccccc1)c1ccc(F)cc1. The van der Waals surface area contributed by atoms with Crippen molar-refractivity contribution >= 4 is 0 Å². The summed E-state index contributed by atoms with van der Waals surface area (Å²) in [7, 11) is 0. The monoisotopic (exact) mass is 285 g/mol. The van der Waals surface area contributed by atoms with E-state index in [2.05, 4.69) is 38.2 Å². The van der Waals surface area contributed by atoms with E-state index in [1.807, 2.05) is 30.3 Å². The van der Waals surface area contributed by atoms with Gasteiger partial charge in [0.25, 0.3) is 0 Å². The average molecular weight is 285 g/mol. The smallest absolute Gasteiger partial charge is 0.123 e. The summed E-state index contributed by atoms with van der Waals surface area (Å²) < 4.78 is 13.2. The van der Waals surface area contributed by atoms with Crippen LogP contribution in [0.25, 0.3) is 0 Å². The Morgan fingerprint density at radius 2 is 1.52 bits per heavy atom. The summed E-state index contributed by atoms with van der Waals surface area (Å²) in [5.74, 6) is -0.195. The Kier molecular flexibility index (Phi) is 5.13. The Bertz CT molecular complexity index is 546. The van der Waals surface area contributed by atoms with Crippen molar-refractivity contribution in [3.05, 3.63) is 71.5 Å². The van der Waals surface area contributed by atoms with Crippen LogP contribution in [0, 0.1) is 11.2 Å².